The van der Waals surface area contributed by atoms with Gasteiger partial charge in [-0.05, 0) is 41.6 Å². The van der Waals surface area contributed by atoms with Crippen LogP contribution in [0.25, 0.3) is 10.8 Å². The number of halogens is 1. The van der Waals surface area contributed by atoms with Crippen LogP contribution in [0.15, 0.2) is 65.6 Å². The number of carbonyl (C=O) groups is 1. The summed E-state index contributed by atoms with van der Waals surface area (Å²) in [5, 5.41) is 20.2. The summed E-state index contributed by atoms with van der Waals surface area (Å²) in [5.74, 6) is -1.36. The van der Waals surface area contributed by atoms with E-state index in [1.807, 2.05) is 25.1 Å². The van der Waals surface area contributed by atoms with Crippen LogP contribution in [0.4, 0.5) is 5.69 Å². The fraction of sp³-hybridized carbons (Fsp3) is 0.190. The van der Waals surface area contributed by atoms with Crippen molar-refractivity contribution in [3.63, 3.8) is 0 Å². The topological polar surface area (TPSA) is 98.2 Å². The first-order valence-corrected chi connectivity index (χ1v) is 10.8. The standard InChI is InChI=1S/C21H21ClN2O5S/c1-23(2)18-7-3-6-17-16(18)5-4-8-20(17)30(28,29)24(22)19(21(26)27)13-14-9-11-15(25)12-10-14/h3-12,19,25H,13H2,1-2H3,(H,26,27)/t19-/m0/s1. The summed E-state index contributed by atoms with van der Waals surface area (Å²) in [6.07, 6.45) is -0.161. The number of phenolic OH excluding ortho intramolecular Hbond substituents is 1. The van der Waals surface area contributed by atoms with Gasteiger partial charge in [0.25, 0.3) is 10.0 Å². The molecule has 0 aliphatic rings. The van der Waals surface area contributed by atoms with Gasteiger partial charge in [-0.3, -0.25) is 4.79 Å². The Morgan fingerprint density at radius 2 is 1.60 bits per heavy atom. The van der Waals surface area contributed by atoms with Gasteiger partial charge in [-0.25, -0.2) is 8.42 Å². The van der Waals surface area contributed by atoms with Crippen LogP contribution in [-0.4, -0.2) is 48.6 Å². The number of carboxylic acid groups (broad SMARTS) is 1. The van der Waals surface area contributed by atoms with Crippen molar-refractivity contribution in [3.05, 3.63) is 66.2 Å². The molecule has 0 saturated heterocycles. The Balaban J connectivity index is 2.05. The SMILES string of the molecule is CN(C)c1cccc2c(S(=O)(=O)N(Cl)[C@@H](Cc3ccc(O)cc3)C(=O)O)cccc12. The van der Waals surface area contributed by atoms with Crippen molar-refractivity contribution >= 4 is 44.2 Å². The van der Waals surface area contributed by atoms with E-state index in [1.54, 1.807) is 24.3 Å². The maximum Gasteiger partial charge on any atom is 0.323 e. The molecule has 7 nitrogen and oxygen atoms in total. The third-order valence-electron chi connectivity index (χ3n) is 4.74. The van der Waals surface area contributed by atoms with Crippen molar-refractivity contribution in [1.29, 1.82) is 0 Å². The summed E-state index contributed by atoms with van der Waals surface area (Å²) in [7, 11) is -0.632. The quantitative estimate of drug-likeness (QED) is 0.537. The Labute approximate surface area is 179 Å². The van der Waals surface area contributed by atoms with Gasteiger partial charge in [-0.1, -0.05) is 40.2 Å². The van der Waals surface area contributed by atoms with Gasteiger partial charge in [0.2, 0.25) is 0 Å². The maximum absolute atomic E-state index is 13.3. The van der Waals surface area contributed by atoms with Gasteiger partial charge < -0.3 is 15.1 Å². The van der Waals surface area contributed by atoms with Crippen molar-refractivity contribution in [2.45, 2.75) is 17.4 Å². The Morgan fingerprint density at radius 3 is 2.20 bits per heavy atom. The second kappa shape index (κ2) is 8.51. The molecule has 0 fully saturated rings. The Hall–Kier alpha value is -2.81. The van der Waals surface area contributed by atoms with Crippen molar-refractivity contribution in [1.82, 2.24) is 3.82 Å². The van der Waals surface area contributed by atoms with Crippen LogP contribution < -0.4 is 4.90 Å². The number of anilines is 1. The zero-order chi connectivity index (χ0) is 22.1. The van der Waals surface area contributed by atoms with Crippen LogP contribution in [0, 0.1) is 0 Å². The van der Waals surface area contributed by atoms with Crippen LogP contribution in [0.3, 0.4) is 0 Å². The fourth-order valence-corrected chi connectivity index (χ4v) is 5.01. The first kappa shape index (κ1) is 21.9. The van der Waals surface area contributed by atoms with Crippen LogP contribution >= 0.6 is 11.8 Å². The van der Waals surface area contributed by atoms with E-state index in [2.05, 4.69) is 0 Å². The molecule has 0 amide bonds. The summed E-state index contributed by atoms with van der Waals surface area (Å²) < 4.78 is 27.0. The highest BCUT2D eigenvalue weighted by atomic mass is 35.5. The molecular formula is C21H21ClN2O5S. The molecule has 0 spiro atoms. The Morgan fingerprint density at radius 1 is 1.00 bits per heavy atom. The van der Waals surface area contributed by atoms with Crippen molar-refractivity contribution in [3.8, 4) is 5.75 Å². The zero-order valence-corrected chi connectivity index (χ0v) is 17.9. The van der Waals surface area contributed by atoms with E-state index in [9.17, 15) is 23.4 Å². The molecule has 0 aromatic heterocycles. The van der Waals surface area contributed by atoms with Gasteiger partial charge in [-0.2, -0.15) is 0 Å². The van der Waals surface area contributed by atoms with E-state index in [-0.39, 0.29) is 17.1 Å². The lowest BCUT2D eigenvalue weighted by molar-refractivity contribution is -0.140. The average Bonchev–Trinajstić information content (AvgIpc) is 2.71. The molecule has 0 unspecified atom stereocenters. The molecule has 158 valence electrons. The summed E-state index contributed by atoms with van der Waals surface area (Å²) in [6, 6.07) is 14.4. The van der Waals surface area contributed by atoms with Crippen molar-refractivity contribution in [2.24, 2.45) is 0 Å². The average molecular weight is 449 g/mol. The van der Waals surface area contributed by atoms with E-state index >= 15 is 0 Å². The lowest BCUT2D eigenvalue weighted by atomic mass is 10.1. The smallest absolute Gasteiger partial charge is 0.323 e. The number of rotatable bonds is 7. The van der Waals surface area contributed by atoms with E-state index in [0.29, 0.717) is 20.2 Å². The van der Waals surface area contributed by atoms with Gasteiger partial charge in [0.1, 0.15) is 11.8 Å². The highest BCUT2D eigenvalue weighted by molar-refractivity contribution is 7.90. The molecule has 0 bridgehead atoms. The first-order valence-electron chi connectivity index (χ1n) is 9.03. The summed E-state index contributed by atoms with van der Waals surface area (Å²) in [6.45, 7) is 0. The monoisotopic (exact) mass is 448 g/mol. The number of hydrogen-bond donors (Lipinski definition) is 2. The summed E-state index contributed by atoms with van der Waals surface area (Å²) in [5.41, 5.74) is 1.35. The molecule has 0 radical (unpaired) electrons. The molecule has 0 saturated carbocycles. The molecule has 3 aromatic carbocycles. The normalized spacial score (nSPS) is 12.8. The minimum absolute atomic E-state index is 0.0217. The van der Waals surface area contributed by atoms with Crippen LogP contribution in [-0.2, 0) is 21.2 Å². The van der Waals surface area contributed by atoms with Crippen LogP contribution in [0.1, 0.15) is 5.56 Å². The van der Waals surface area contributed by atoms with E-state index in [0.717, 1.165) is 5.69 Å². The third-order valence-corrected chi connectivity index (χ3v) is 7.15. The number of nitrogens with zero attached hydrogens (tertiary/aromatic N) is 2. The third kappa shape index (κ3) is 4.21. The minimum Gasteiger partial charge on any atom is -0.508 e. The number of aliphatic carboxylic acids is 1. The largest absolute Gasteiger partial charge is 0.508 e. The van der Waals surface area contributed by atoms with Crippen molar-refractivity contribution < 1.29 is 23.4 Å². The predicted octanol–water partition coefficient (Wildman–Crippen LogP) is 3.45. The summed E-state index contributed by atoms with van der Waals surface area (Å²) in [4.78, 5) is 13.6. The number of sulfonamides is 1. The first-order chi connectivity index (χ1) is 14.1. The highest BCUT2D eigenvalue weighted by Crippen LogP contribution is 2.33. The molecule has 30 heavy (non-hydrogen) atoms. The number of phenols is 1. The molecule has 3 rings (SSSR count). The van der Waals surface area contributed by atoms with Crippen LogP contribution in [0.2, 0.25) is 0 Å². The number of aromatic hydroxyl groups is 1. The molecular weight excluding hydrogens is 428 g/mol. The van der Waals surface area contributed by atoms with Gasteiger partial charge in [-0.15, -0.1) is 0 Å². The fourth-order valence-electron chi connectivity index (χ4n) is 3.24. The van der Waals surface area contributed by atoms with Crippen LogP contribution in [0.5, 0.6) is 5.75 Å². The molecule has 2 N–H and O–H groups in total. The highest BCUT2D eigenvalue weighted by Gasteiger charge is 2.36. The molecule has 9 heteroatoms. The predicted molar refractivity (Wildman–Crippen MR) is 116 cm³/mol. The van der Waals surface area contributed by atoms with Gasteiger partial charge in [0, 0.05) is 37.0 Å². The molecule has 3 aromatic rings. The molecule has 0 aliphatic carbocycles. The van der Waals surface area contributed by atoms with Gasteiger partial charge in [0.15, 0.2) is 0 Å². The molecule has 1 atom stereocenters. The minimum atomic E-state index is -4.33. The van der Waals surface area contributed by atoms with E-state index < -0.39 is 22.0 Å². The zero-order valence-electron chi connectivity index (χ0n) is 16.4. The number of benzene rings is 3. The lowest BCUT2D eigenvalue weighted by Gasteiger charge is -2.23. The Kier molecular flexibility index (Phi) is 6.21. The second-order valence-corrected chi connectivity index (χ2v) is 9.34. The summed E-state index contributed by atoms with van der Waals surface area (Å²) >= 11 is 6.16. The number of carboxylic acids is 1. The van der Waals surface area contributed by atoms with E-state index in [1.165, 1.54) is 30.3 Å². The van der Waals surface area contributed by atoms with Gasteiger partial charge >= 0.3 is 5.97 Å². The maximum atomic E-state index is 13.3. The second-order valence-electron chi connectivity index (χ2n) is 6.99. The van der Waals surface area contributed by atoms with Gasteiger partial charge in [0.05, 0.1) is 4.90 Å². The van der Waals surface area contributed by atoms with E-state index in [4.69, 9.17) is 11.8 Å². The number of hydrogen-bond acceptors (Lipinski definition) is 5. The lowest BCUT2D eigenvalue weighted by Crippen LogP contribution is -2.40. The Bertz CT molecular complexity index is 1180. The molecule has 0 aliphatic heterocycles. The van der Waals surface area contributed by atoms with Crippen molar-refractivity contribution in [2.75, 3.05) is 19.0 Å². The number of fused-ring (bicyclic) bond motifs is 1. The molecule has 0 heterocycles.